The second kappa shape index (κ2) is 9.80. The Labute approximate surface area is 192 Å². The number of morpholine rings is 1. The monoisotopic (exact) mass is 449 g/mol. The fourth-order valence-electron chi connectivity index (χ4n) is 4.41. The number of benzene rings is 1. The van der Waals surface area contributed by atoms with Gasteiger partial charge in [-0.15, -0.1) is 0 Å². The third-order valence-electron chi connectivity index (χ3n) is 6.39. The highest BCUT2D eigenvalue weighted by molar-refractivity contribution is 5.77. The summed E-state index contributed by atoms with van der Waals surface area (Å²) in [4.78, 5) is 21.0. The van der Waals surface area contributed by atoms with Gasteiger partial charge in [-0.1, -0.05) is 12.1 Å². The van der Waals surface area contributed by atoms with Crippen molar-refractivity contribution in [3.8, 4) is 11.3 Å². The van der Waals surface area contributed by atoms with Crippen molar-refractivity contribution < 1.29 is 13.9 Å². The third kappa shape index (κ3) is 5.12. The van der Waals surface area contributed by atoms with E-state index < -0.39 is 0 Å². The van der Waals surface area contributed by atoms with Crippen LogP contribution in [-0.4, -0.2) is 76.4 Å². The van der Waals surface area contributed by atoms with Crippen LogP contribution in [0.2, 0.25) is 0 Å². The molecule has 2 aliphatic heterocycles. The lowest BCUT2D eigenvalue weighted by atomic mass is 10.1. The molecular formula is C25H28FN5O2. The van der Waals surface area contributed by atoms with Gasteiger partial charge in [-0.3, -0.25) is 19.4 Å². The zero-order valence-corrected chi connectivity index (χ0v) is 18.6. The van der Waals surface area contributed by atoms with Crippen LogP contribution in [0.15, 0.2) is 54.9 Å². The summed E-state index contributed by atoms with van der Waals surface area (Å²) in [6, 6.07) is 12.7. The minimum absolute atomic E-state index is 0.142. The van der Waals surface area contributed by atoms with Crippen molar-refractivity contribution in [3.05, 3.63) is 71.9 Å². The van der Waals surface area contributed by atoms with Gasteiger partial charge in [0.05, 0.1) is 24.9 Å². The number of halogens is 1. The number of aromatic nitrogens is 3. The number of carbonyl (C=O) groups excluding carboxylic acids is 1. The SMILES string of the molecule is O=C(CCN1CCOCC1)N1CC(n2nc(-c3ccncc3)cc2Cc2ccc(F)cc2)C1. The first-order valence-corrected chi connectivity index (χ1v) is 11.5. The molecule has 2 aliphatic rings. The van der Waals surface area contributed by atoms with Gasteiger partial charge in [-0.05, 0) is 35.9 Å². The fourth-order valence-corrected chi connectivity index (χ4v) is 4.41. The van der Waals surface area contributed by atoms with Crippen molar-refractivity contribution >= 4 is 5.91 Å². The highest BCUT2D eigenvalue weighted by atomic mass is 19.1. The largest absolute Gasteiger partial charge is 0.379 e. The summed E-state index contributed by atoms with van der Waals surface area (Å²) < 4.78 is 20.8. The second-order valence-corrected chi connectivity index (χ2v) is 8.66. The number of amides is 1. The highest BCUT2D eigenvalue weighted by Crippen LogP contribution is 2.28. The van der Waals surface area contributed by atoms with E-state index in [9.17, 15) is 9.18 Å². The first kappa shape index (κ1) is 21.7. The average molecular weight is 450 g/mol. The molecular weight excluding hydrogens is 421 g/mol. The van der Waals surface area contributed by atoms with Crippen LogP contribution in [0.3, 0.4) is 0 Å². The van der Waals surface area contributed by atoms with Crippen LogP contribution < -0.4 is 0 Å². The van der Waals surface area contributed by atoms with Crippen molar-refractivity contribution in [1.82, 2.24) is 24.6 Å². The quantitative estimate of drug-likeness (QED) is 0.555. The lowest BCUT2D eigenvalue weighted by molar-refractivity contribution is -0.137. The van der Waals surface area contributed by atoms with Gasteiger partial charge in [0.2, 0.25) is 5.91 Å². The third-order valence-corrected chi connectivity index (χ3v) is 6.39. The molecule has 1 amide bonds. The van der Waals surface area contributed by atoms with Crippen molar-refractivity contribution in [2.75, 3.05) is 45.9 Å². The van der Waals surface area contributed by atoms with Crippen LogP contribution in [-0.2, 0) is 16.0 Å². The zero-order chi connectivity index (χ0) is 22.6. The lowest BCUT2D eigenvalue weighted by Gasteiger charge is -2.40. The molecule has 1 aromatic carbocycles. The number of likely N-dealkylation sites (tertiary alicyclic amines) is 1. The smallest absolute Gasteiger partial charge is 0.224 e. The topological polar surface area (TPSA) is 63.5 Å². The highest BCUT2D eigenvalue weighted by Gasteiger charge is 2.34. The van der Waals surface area contributed by atoms with Crippen molar-refractivity contribution in [2.24, 2.45) is 0 Å². The molecule has 4 heterocycles. The zero-order valence-electron chi connectivity index (χ0n) is 18.6. The first-order chi connectivity index (χ1) is 16.2. The van der Waals surface area contributed by atoms with E-state index in [1.165, 1.54) is 12.1 Å². The molecule has 0 atom stereocenters. The minimum Gasteiger partial charge on any atom is -0.379 e. The Hall–Kier alpha value is -3.10. The van der Waals surface area contributed by atoms with Crippen LogP contribution in [0.1, 0.15) is 23.7 Å². The molecule has 172 valence electrons. The summed E-state index contributed by atoms with van der Waals surface area (Å²) in [7, 11) is 0. The molecule has 0 radical (unpaired) electrons. The van der Waals surface area contributed by atoms with Gasteiger partial charge in [0.15, 0.2) is 0 Å². The van der Waals surface area contributed by atoms with Crippen molar-refractivity contribution in [1.29, 1.82) is 0 Å². The molecule has 0 unspecified atom stereocenters. The average Bonchev–Trinajstić information content (AvgIpc) is 3.23. The number of hydrogen-bond donors (Lipinski definition) is 0. The number of rotatable bonds is 7. The summed E-state index contributed by atoms with van der Waals surface area (Å²) in [5.41, 5.74) is 3.96. The predicted molar refractivity (Wildman–Crippen MR) is 122 cm³/mol. The fraction of sp³-hybridized carbons (Fsp3) is 0.400. The summed E-state index contributed by atoms with van der Waals surface area (Å²) in [5, 5.41) is 4.88. The molecule has 0 aliphatic carbocycles. The van der Waals surface area contributed by atoms with Gasteiger partial charge in [0, 0.05) is 69.2 Å². The predicted octanol–water partition coefficient (Wildman–Crippen LogP) is 2.78. The Balaban J connectivity index is 1.27. The summed E-state index contributed by atoms with van der Waals surface area (Å²) in [5.74, 6) is -0.0469. The normalized spacial score (nSPS) is 17.2. The van der Waals surface area contributed by atoms with Gasteiger partial charge < -0.3 is 9.64 Å². The number of nitrogens with zero attached hydrogens (tertiary/aromatic N) is 5. The van der Waals surface area contributed by atoms with Crippen molar-refractivity contribution in [3.63, 3.8) is 0 Å². The van der Waals surface area contributed by atoms with E-state index in [0.717, 1.165) is 55.4 Å². The standard InChI is InChI=1S/C25H28FN5O2/c26-21-3-1-19(2-4-21)15-22-16-24(20-5-8-27-9-6-20)28-31(22)23-17-30(18-23)25(32)7-10-29-11-13-33-14-12-29/h1-6,8-9,16,23H,7,10-15,17-18H2. The minimum atomic E-state index is -0.241. The maximum absolute atomic E-state index is 13.4. The molecule has 0 spiro atoms. The van der Waals surface area contributed by atoms with Gasteiger partial charge in [-0.2, -0.15) is 5.10 Å². The van der Waals surface area contributed by atoms with E-state index in [1.807, 2.05) is 21.7 Å². The van der Waals surface area contributed by atoms with E-state index in [4.69, 9.17) is 9.84 Å². The van der Waals surface area contributed by atoms with Crippen LogP contribution in [0.5, 0.6) is 0 Å². The van der Waals surface area contributed by atoms with Crippen LogP contribution in [0, 0.1) is 5.82 Å². The van der Waals surface area contributed by atoms with E-state index in [-0.39, 0.29) is 17.8 Å². The molecule has 2 fully saturated rings. The Kier molecular flexibility index (Phi) is 6.46. The van der Waals surface area contributed by atoms with Crippen LogP contribution in [0.25, 0.3) is 11.3 Å². The molecule has 8 heteroatoms. The molecule has 5 rings (SSSR count). The Morgan fingerprint density at radius 2 is 1.79 bits per heavy atom. The first-order valence-electron chi connectivity index (χ1n) is 11.5. The maximum Gasteiger partial charge on any atom is 0.224 e. The molecule has 0 saturated carbocycles. The van der Waals surface area contributed by atoms with E-state index in [1.54, 1.807) is 24.5 Å². The van der Waals surface area contributed by atoms with Crippen LogP contribution in [0.4, 0.5) is 4.39 Å². The second-order valence-electron chi connectivity index (χ2n) is 8.66. The Bertz CT molecular complexity index is 1070. The Morgan fingerprint density at radius 1 is 1.06 bits per heavy atom. The Morgan fingerprint density at radius 3 is 2.52 bits per heavy atom. The molecule has 3 aromatic rings. The van der Waals surface area contributed by atoms with E-state index in [2.05, 4.69) is 16.0 Å². The van der Waals surface area contributed by atoms with E-state index in [0.29, 0.717) is 25.9 Å². The molecule has 0 bridgehead atoms. The number of pyridine rings is 1. The number of carbonyl (C=O) groups is 1. The molecule has 7 nitrogen and oxygen atoms in total. The molecule has 2 aromatic heterocycles. The summed E-state index contributed by atoms with van der Waals surface area (Å²) in [6.07, 6.45) is 4.70. The van der Waals surface area contributed by atoms with Gasteiger partial charge in [-0.25, -0.2) is 4.39 Å². The van der Waals surface area contributed by atoms with E-state index >= 15 is 0 Å². The number of ether oxygens (including phenoxy) is 1. The lowest BCUT2D eigenvalue weighted by Crippen LogP contribution is -2.52. The van der Waals surface area contributed by atoms with Crippen molar-refractivity contribution in [2.45, 2.75) is 18.9 Å². The van der Waals surface area contributed by atoms with Gasteiger partial charge >= 0.3 is 0 Å². The molecule has 0 N–H and O–H groups in total. The van der Waals surface area contributed by atoms with Gasteiger partial charge in [0.1, 0.15) is 5.82 Å². The summed E-state index contributed by atoms with van der Waals surface area (Å²) in [6.45, 7) is 5.39. The van der Waals surface area contributed by atoms with Gasteiger partial charge in [0.25, 0.3) is 0 Å². The summed E-state index contributed by atoms with van der Waals surface area (Å²) >= 11 is 0. The maximum atomic E-state index is 13.4. The molecule has 33 heavy (non-hydrogen) atoms. The molecule has 2 saturated heterocycles. The number of hydrogen-bond acceptors (Lipinski definition) is 5. The van der Waals surface area contributed by atoms with Crippen LogP contribution >= 0.6 is 0 Å².